The van der Waals surface area contributed by atoms with Crippen LogP contribution < -0.4 is 5.32 Å². The Labute approximate surface area is 115 Å². The van der Waals surface area contributed by atoms with Crippen LogP contribution in [0.5, 0.6) is 0 Å². The number of imidazole rings is 1. The third-order valence-electron chi connectivity index (χ3n) is 2.87. The van der Waals surface area contributed by atoms with Crippen LogP contribution in [-0.2, 0) is 6.42 Å². The second-order valence-electron chi connectivity index (χ2n) is 4.27. The Morgan fingerprint density at radius 2 is 2.20 bits per heavy atom. The first-order valence-corrected chi connectivity index (χ1v) is 6.24. The van der Waals surface area contributed by atoms with Crippen LogP contribution in [0.4, 0.5) is 5.82 Å². The maximum absolute atomic E-state index is 8.64. The first kappa shape index (κ1) is 12.1. The maximum atomic E-state index is 8.64. The Bertz CT molecular complexity index is 720. The molecule has 0 bridgehead atoms. The van der Waals surface area contributed by atoms with Crippen molar-refractivity contribution >= 4 is 11.5 Å². The Balaban J connectivity index is 1.60. The number of nitrogens with one attached hydrogen (secondary N) is 1. The van der Waals surface area contributed by atoms with Crippen LogP contribution in [0.15, 0.2) is 43.0 Å². The zero-order chi connectivity index (χ0) is 13.8. The number of nitriles is 1. The minimum absolute atomic E-state index is 0.316. The number of anilines is 1. The van der Waals surface area contributed by atoms with Gasteiger partial charge in [-0.1, -0.05) is 6.07 Å². The largest absolute Gasteiger partial charge is 0.368 e. The Kier molecular flexibility index (Phi) is 3.25. The standard InChI is InChI=1S/C14H12N6/c15-7-12-8-18-13(9-17-12)16-5-4-11-10-20-6-2-1-3-14(20)19-11/h1-3,6,8-10H,4-5H2,(H,16,18). The summed E-state index contributed by atoms with van der Waals surface area (Å²) < 4.78 is 2.00. The summed E-state index contributed by atoms with van der Waals surface area (Å²) in [6, 6.07) is 7.86. The van der Waals surface area contributed by atoms with E-state index in [0.717, 1.165) is 17.8 Å². The van der Waals surface area contributed by atoms with E-state index in [1.807, 2.05) is 41.1 Å². The molecular weight excluding hydrogens is 252 g/mol. The second kappa shape index (κ2) is 5.36. The molecular formula is C14H12N6. The van der Waals surface area contributed by atoms with E-state index in [1.165, 1.54) is 6.20 Å². The fourth-order valence-corrected chi connectivity index (χ4v) is 1.90. The molecule has 3 aromatic rings. The second-order valence-corrected chi connectivity index (χ2v) is 4.27. The van der Waals surface area contributed by atoms with Gasteiger partial charge in [0.2, 0.25) is 0 Å². The first-order valence-electron chi connectivity index (χ1n) is 6.24. The molecule has 0 fully saturated rings. The molecule has 0 aliphatic carbocycles. The molecule has 0 aliphatic rings. The van der Waals surface area contributed by atoms with Crippen molar-refractivity contribution in [2.24, 2.45) is 0 Å². The minimum atomic E-state index is 0.316. The lowest BCUT2D eigenvalue weighted by atomic mass is 10.3. The van der Waals surface area contributed by atoms with Crippen LogP contribution in [0.25, 0.3) is 5.65 Å². The summed E-state index contributed by atoms with van der Waals surface area (Å²) in [5.74, 6) is 0.660. The smallest absolute Gasteiger partial charge is 0.158 e. The predicted molar refractivity (Wildman–Crippen MR) is 74.1 cm³/mol. The van der Waals surface area contributed by atoms with Gasteiger partial charge in [-0.25, -0.2) is 15.0 Å². The highest BCUT2D eigenvalue weighted by Crippen LogP contribution is 2.06. The summed E-state index contributed by atoms with van der Waals surface area (Å²) in [6.45, 7) is 0.713. The first-order chi connectivity index (χ1) is 9.85. The molecule has 98 valence electrons. The monoisotopic (exact) mass is 264 g/mol. The third kappa shape index (κ3) is 2.57. The van der Waals surface area contributed by atoms with Crippen molar-refractivity contribution in [2.45, 2.75) is 6.42 Å². The van der Waals surface area contributed by atoms with Gasteiger partial charge in [0.15, 0.2) is 5.69 Å². The molecule has 6 nitrogen and oxygen atoms in total. The quantitative estimate of drug-likeness (QED) is 0.775. The van der Waals surface area contributed by atoms with Gasteiger partial charge in [0, 0.05) is 25.4 Å². The van der Waals surface area contributed by atoms with E-state index >= 15 is 0 Å². The summed E-state index contributed by atoms with van der Waals surface area (Å²) in [6.07, 6.45) is 7.80. The summed E-state index contributed by atoms with van der Waals surface area (Å²) in [4.78, 5) is 12.6. The van der Waals surface area contributed by atoms with Crippen LogP contribution >= 0.6 is 0 Å². The van der Waals surface area contributed by atoms with Crippen molar-refractivity contribution in [1.82, 2.24) is 19.4 Å². The topological polar surface area (TPSA) is 78.9 Å². The number of rotatable bonds is 4. The zero-order valence-corrected chi connectivity index (χ0v) is 10.7. The molecule has 0 radical (unpaired) electrons. The average Bonchev–Trinajstić information content (AvgIpc) is 2.90. The van der Waals surface area contributed by atoms with Gasteiger partial charge < -0.3 is 9.72 Å². The van der Waals surface area contributed by atoms with E-state index in [9.17, 15) is 0 Å². The van der Waals surface area contributed by atoms with Crippen LogP contribution in [0, 0.1) is 11.3 Å². The molecule has 20 heavy (non-hydrogen) atoms. The fourth-order valence-electron chi connectivity index (χ4n) is 1.90. The van der Waals surface area contributed by atoms with Gasteiger partial charge >= 0.3 is 0 Å². The van der Waals surface area contributed by atoms with Crippen LogP contribution in [-0.4, -0.2) is 25.9 Å². The van der Waals surface area contributed by atoms with Crippen LogP contribution in [0.1, 0.15) is 11.4 Å². The highest BCUT2D eigenvalue weighted by molar-refractivity contribution is 5.39. The van der Waals surface area contributed by atoms with E-state index < -0.39 is 0 Å². The molecule has 3 heterocycles. The molecule has 0 aromatic carbocycles. The molecule has 0 spiro atoms. The lowest BCUT2D eigenvalue weighted by Gasteiger charge is -2.02. The summed E-state index contributed by atoms with van der Waals surface area (Å²) in [5, 5.41) is 11.8. The van der Waals surface area contributed by atoms with Gasteiger partial charge in [0.05, 0.1) is 18.1 Å². The molecule has 0 atom stereocenters. The summed E-state index contributed by atoms with van der Waals surface area (Å²) in [7, 11) is 0. The highest BCUT2D eigenvalue weighted by Gasteiger charge is 2.01. The van der Waals surface area contributed by atoms with E-state index in [-0.39, 0.29) is 0 Å². The lowest BCUT2D eigenvalue weighted by molar-refractivity contribution is 0.965. The van der Waals surface area contributed by atoms with E-state index in [1.54, 1.807) is 6.20 Å². The molecule has 6 heteroatoms. The molecule has 3 rings (SSSR count). The lowest BCUT2D eigenvalue weighted by Crippen LogP contribution is -2.07. The number of nitrogens with zero attached hydrogens (tertiary/aromatic N) is 5. The molecule has 0 amide bonds. The van der Waals surface area contributed by atoms with Crippen molar-refractivity contribution in [2.75, 3.05) is 11.9 Å². The van der Waals surface area contributed by atoms with Gasteiger partial charge in [0.25, 0.3) is 0 Å². The summed E-state index contributed by atoms with van der Waals surface area (Å²) >= 11 is 0. The predicted octanol–water partition coefficient (Wildman–Crippen LogP) is 1.65. The van der Waals surface area contributed by atoms with E-state index in [2.05, 4.69) is 20.3 Å². The van der Waals surface area contributed by atoms with Gasteiger partial charge in [-0.3, -0.25) is 0 Å². The Morgan fingerprint density at radius 3 is 2.95 bits per heavy atom. The van der Waals surface area contributed by atoms with Gasteiger partial charge in [-0.2, -0.15) is 5.26 Å². The van der Waals surface area contributed by atoms with Crippen LogP contribution in [0.2, 0.25) is 0 Å². The van der Waals surface area contributed by atoms with E-state index in [4.69, 9.17) is 5.26 Å². The third-order valence-corrected chi connectivity index (χ3v) is 2.87. The van der Waals surface area contributed by atoms with Crippen molar-refractivity contribution in [3.05, 3.63) is 54.4 Å². The molecule has 0 aliphatic heterocycles. The normalized spacial score (nSPS) is 10.3. The van der Waals surface area contributed by atoms with Crippen molar-refractivity contribution in [3.63, 3.8) is 0 Å². The van der Waals surface area contributed by atoms with Crippen molar-refractivity contribution < 1.29 is 0 Å². The number of aromatic nitrogens is 4. The fraction of sp³-hybridized carbons (Fsp3) is 0.143. The van der Waals surface area contributed by atoms with Gasteiger partial charge in [-0.05, 0) is 12.1 Å². The number of pyridine rings is 1. The average molecular weight is 264 g/mol. The number of hydrogen-bond donors (Lipinski definition) is 1. The van der Waals surface area contributed by atoms with Crippen LogP contribution in [0.3, 0.4) is 0 Å². The van der Waals surface area contributed by atoms with Gasteiger partial charge in [0.1, 0.15) is 17.5 Å². The molecule has 0 unspecified atom stereocenters. The molecule has 0 saturated carbocycles. The SMILES string of the molecule is N#Cc1cnc(NCCc2cn3ccccc3n2)cn1. The highest BCUT2D eigenvalue weighted by atomic mass is 15.0. The number of hydrogen-bond acceptors (Lipinski definition) is 5. The molecule has 0 saturated heterocycles. The van der Waals surface area contributed by atoms with Crippen molar-refractivity contribution in [1.29, 1.82) is 5.26 Å². The van der Waals surface area contributed by atoms with E-state index in [0.29, 0.717) is 18.1 Å². The molecule has 3 aromatic heterocycles. The summed E-state index contributed by atoms with van der Waals surface area (Å²) in [5.41, 5.74) is 2.28. The zero-order valence-electron chi connectivity index (χ0n) is 10.7. The Hall–Kier alpha value is -2.94. The Morgan fingerprint density at radius 1 is 1.25 bits per heavy atom. The molecule has 1 N–H and O–H groups in total. The maximum Gasteiger partial charge on any atom is 0.158 e. The minimum Gasteiger partial charge on any atom is -0.368 e. The number of fused-ring (bicyclic) bond motifs is 1. The van der Waals surface area contributed by atoms with Crippen molar-refractivity contribution in [3.8, 4) is 6.07 Å². The van der Waals surface area contributed by atoms with Gasteiger partial charge in [-0.15, -0.1) is 0 Å².